The minimum atomic E-state index is -3.55. The van der Waals surface area contributed by atoms with Gasteiger partial charge in [-0.1, -0.05) is 0 Å². The van der Waals surface area contributed by atoms with E-state index in [-0.39, 0.29) is 11.4 Å². The van der Waals surface area contributed by atoms with Gasteiger partial charge in [0.15, 0.2) is 0 Å². The molecule has 0 aromatic carbocycles. The molecule has 0 aliphatic rings. The molecule has 7 nitrogen and oxygen atoms in total. The summed E-state index contributed by atoms with van der Waals surface area (Å²) in [5.74, 6) is 0. The highest BCUT2D eigenvalue weighted by molar-refractivity contribution is 7.89. The SMILES string of the molecule is CCOCCNS(=O)(=O)c1c(C)nn(CCN)c1C. The molecule has 1 rings (SSSR count). The van der Waals surface area contributed by atoms with Crippen LogP contribution < -0.4 is 10.5 Å². The lowest BCUT2D eigenvalue weighted by atomic mass is 10.4. The molecule has 0 atom stereocenters. The van der Waals surface area contributed by atoms with Crippen LogP contribution in [0.2, 0.25) is 0 Å². The van der Waals surface area contributed by atoms with Gasteiger partial charge in [0.05, 0.1) is 24.5 Å². The molecule has 0 bridgehead atoms. The Balaban J connectivity index is 2.89. The van der Waals surface area contributed by atoms with Gasteiger partial charge in [0.1, 0.15) is 4.90 Å². The number of nitrogens with zero attached hydrogens (tertiary/aromatic N) is 2. The van der Waals surface area contributed by atoms with E-state index in [1.807, 2.05) is 6.92 Å². The van der Waals surface area contributed by atoms with Gasteiger partial charge >= 0.3 is 0 Å². The number of hydrogen-bond donors (Lipinski definition) is 2. The van der Waals surface area contributed by atoms with Crippen molar-refractivity contribution in [3.8, 4) is 0 Å². The maximum atomic E-state index is 12.2. The summed E-state index contributed by atoms with van der Waals surface area (Å²) < 4.78 is 33.6. The van der Waals surface area contributed by atoms with Gasteiger partial charge in [-0.3, -0.25) is 4.68 Å². The van der Waals surface area contributed by atoms with Crippen LogP contribution in [0.4, 0.5) is 0 Å². The zero-order chi connectivity index (χ0) is 14.5. The lowest BCUT2D eigenvalue weighted by Crippen LogP contribution is -2.28. The molecule has 0 unspecified atom stereocenters. The van der Waals surface area contributed by atoms with Gasteiger partial charge in [-0.2, -0.15) is 5.10 Å². The van der Waals surface area contributed by atoms with E-state index in [9.17, 15) is 8.42 Å². The zero-order valence-corrected chi connectivity index (χ0v) is 12.5. The quantitative estimate of drug-likeness (QED) is 0.645. The molecule has 0 saturated heterocycles. The minimum Gasteiger partial charge on any atom is -0.380 e. The molecule has 0 fully saturated rings. The Morgan fingerprint density at radius 2 is 2.11 bits per heavy atom. The van der Waals surface area contributed by atoms with E-state index in [1.54, 1.807) is 18.5 Å². The topological polar surface area (TPSA) is 99.2 Å². The molecule has 1 aromatic heterocycles. The number of aromatic nitrogens is 2. The van der Waals surface area contributed by atoms with Crippen molar-refractivity contribution < 1.29 is 13.2 Å². The fourth-order valence-corrected chi connectivity index (χ4v) is 3.29. The molecule has 3 N–H and O–H groups in total. The van der Waals surface area contributed by atoms with Crippen LogP contribution in [0.25, 0.3) is 0 Å². The normalized spacial score (nSPS) is 12.0. The first-order valence-electron chi connectivity index (χ1n) is 6.25. The van der Waals surface area contributed by atoms with Crippen molar-refractivity contribution in [2.75, 3.05) is 26.3 Å². The Bertz CT molecular complexity index is 510. The van der Waals surface area contributed by atoms with Crippen molar-refractivity contribution in [1.29, 1.82) is 0 Å². The van der Waals surface area contributed by atoms with E-state index in [1.165, 1.54) is 0 Å². The van der Waals surface area contributed by atoms with Gasteiger partial charge in [0.25, 0.3) is 0 Å². The molecule has 1 aromatic rings. The maximum Gasteiger partial charge on any atom is 0.244 e. The van der Waals surface area contributed by atoms with Gasteiger partial charge in [-0.25, -0.2) is 13.1 Å². The van der Waals surface area contributed by atoms with Crippen LogP contribution in [0.15, 0.2) is 4.90 Å². The highest BCUT2D eigenvalue weighted by Gasteiger charge is 2.23. The monoisotopic (exact) mass is 290 g/mol. The predicted octanol–water partition coefficient (Wildman–Crippen LogP) is -0.227. The van der Waals surface area contributed by atoms with Crippen molar-refractivity contribution in [3.05, 3.63) is 11.4 Å². The molecule has 0 aliphatic heterocycles. The molecule has 1 heterocycles. The van der Waals surface area contributed by atoms with Crippen LogP contribution in [-0.2, 0) is 21.3 Å². The number of sulfonamides is 1. The van der Waals surface area contributed by atoms with Crippen LogP contribution in [0.5, 0.6) is 0 Å². The van der Waals surface area contributed by atoms with E-state index in [0.29, 0.717) is 37.7 Å². The van der Waals surface area contributed by atoms with Crippen LogP contribution in [0.1, 0.15) is 18.3 Å². The number of nitrogens with one attached hydrogen (secondary N) is 1. The van der Waals surface area contributed by atoms with Crippen LogP contribution in [0.3, 0.4) is 0 Å². The molecule has 0 radical (unpaired) electrons. The van der Waals surface area contributed by atoms with Crippen LogP contribution >= 0.6 is 0 Å². The Labute approximate surface area is 114 Å². The summed E-state index contributed by atoms with van der Waals surface area (Å²) in [6, 6.07) is 0. The van der Waals surface area contributed by atoms with Gasteiger partial charge < -0.3 is 10.5 Å². The summed E-state index contributed by atoms with van der Waals surface area (Å²) in [5, 5.41) is 4.20. The molecule has 0 spiro atoms. The standard InChI is InChI=1S/C11H22N4O3S/c1-4-18-8-6-13-19(16,17)11-9(2)14-15(7-5-12)10(11)3/h13H,4-8,12H2,1-3H3. The number of ether oxygens (including phenoxy) is 1. The Hall–Kier alpha value is -0.960. The third-order valence-electron chi connectivity index (χ3n) is 2.67. The van der Waals surface area contributed by atoms with Gasteiger partial charge in [0, 0.05) is 19.7 Å². The summed E-state index contributed by atoms with van der Waals surface area (Å²) in [7, 11) is -3.55. The van der Waals surface area contributed by atoms with Gasteiger partial charge in [-0.15, -0.1) is 0 Å². The summed E-state index contributed by atoms with van der Waals surface area (Å²) >= 11 is 0. The molecule has 8 heteroatoms. The fourth-order valence-electron chi connectivity index (χ4n) is 1.87. The van der Waals surface area contributed by atoms with Gasteiger partial charge in [0.2, 0.25) is 10.0 Å². The highest BCUT2D eigenvalue weighted by atomic mass is 32.2. The van der Waals surface area contributed by atoms with E-state index < -0.39 is 10.0 Å². The van der Waals surface area contributed by atoms with E-state index in [0.717, 1.165) is 0 Å². The molecule has 110 valence electrons. The average Bonchev–Trinajstić information content (AvgIpc) is 2.61. The molecular formula is C11H22N4O3S. The summed E-state index contributed by atoms with van der Waals surface area (Å²) in [4.78, 5) is 0.234. The summed E-state index contributed by atoms with van der Waals surface area (Å²) in [6.07, 6.45) is 0. The van der Waals surface area contributed by atoms with Crippen LogP contribution in [-0.4, -0.2) is 44.5 Å². The first-order chi connectivity index (χ1) is 8.94. The molecule has 0 saturated carbocycles. The first-order valence-corrected chi connectivity index (χ1v) is 7.73. The second-order valence-electron chi connectivity index (χ2n) is 4.11. The first kappa shape index (κ1) is 16.1. The minimum absolute atomic E-state index is 0.234. The van der Waals surface area contributed by atoms with E-state index in [4.69, 9.17) is 10.5 Å². The lowest BCUT2D eigenvalue weighted by molar-refractivity contribution is 0.153. The Kier molecular flexibility index (Phi) is 5.92. The molecular weight excluding hydrogens is 268 g/mol. The predicted molar refractivity (Wildman–Crippen MR) is 72.4 cm³/mol. The maximum absolute atomic E-state index is 12.2. The van der Waals surface area contributed by atoms with Crippen molar-refractivity contribution >= 4 is 10.0 Å². The Morgan fingerprint density at radius 3 is 2.68 bits per heavy atom. The fraction of sp³-hybridized carbons (Fsp3) is 0.727. The third-order valence-corrected chi connectivity index (χ3v) is 4.38. The average molecular weight is 290 g/mol. The summed E-state index contributed by atoms with van der Waals surface area (Å²) in [6.45, 7) is 7.35. The number of nitrogens with two attached hydrogens (primary N) is 1. The third kappa shape index (κ3) is 4.00. The van der Waals surface area contributed by atoms with Crippen molar-refractivity contribution in [3.63, 3.8) is 0 Å². The molecule has 19 heavy (non-hydrogen) atoms. The molecule has 0 aliphatic carbocycles. The summed E-state index contributed by atoms with van der Waals surface area (Å²) in [5.41, 5.74) is 6.55. The van der Waals surface area contributed by atoms with Crippen molar-refractivity contribution in [1.82, 2.24) is 14.5 Å². The smallest absolute Gasteiger partial charge is 0.244 e. The largest absolute Gasteiger partial charge is 0.380 e. The highest BCUT2D eigenvalue weighted by Crippen LogP contribution is 2.18. The van der Waals surface area contributed by atoms with Gasteiger partial charge in [-0.05, 0) is 20.8 Å². The zero-order valence-electron chi connectivity index (χ0n) is 11.6. The Morgan fingerprint density at radius 1 is 1.42 bits per heavy atom. The molecule has 0 amide bonds. The van der Waals surface area contributed by atoms with E-state index >= 15 is 0 Å². The van der Waals surface area contributed by atoms with Crippen molar-refractivity contribution in [2.45, 2.75) is 32.2 Å². The number of hydrogen-bond acceptors (Lipinski definition) is 5. The van der Waals surface area contributed by atoms with Crippen LogP contribution in [0, 0.1) is 13.8 Å². The second-order valence-corrected chi connectivity index (χ2v) is 5.81. The van der Waals surface area contributed by atoms with E-state index in [2.05, 4.69) is 9.82 Å². The second kappa shape index (κ2) is 6.99. The lowest BCUT2D eigenvalue weighted by Gasteiger charge is -2.07. The number of rotatable bonds is 8. The number of aryl methyl sites for hydroxylation is 1. The van der Waals surface area contributed by atoms with Crippen molar-refractivity contribution in [2.24, 2.45) is 5.73 Å².